The molecule has 1 amide bonds. The monoisotopic (exact) mass is 492 g/mol. The summed E-state index contributed by atoms with van der Waals surface area (Å²) in [7, 11) is 1.78. The average molecular weight is 493 g/mol. The molecule has 0 radical (unpaired) electrons. The fourth-order valence-corrected chi connectivity index (χ4v) is 7.05. The fraction of sp³-hybridized carbons (Fsp3) is 0.500. The van der Waals surface area contributed by atoms with Gasteiger partial charge in [-0.3, -0.25) is 4.79 Å². The fourth-order valence-electron chi connectivity index (χ4n) is 6.93. The predicted molar refractivity (Wildman–Crippen MR) is 144 cm³/mol. The van der Waals surface area contributed by atoms with Crippen molar-refractivity contribution in [3.8, 4) is 5.75 Å². The van der Waals surface area contributed by atoms with Crippen molar-refractivity contribution in [2.24, 2.45) is 5.92 Å². The summed E-state index contributed by atoms with van der Waals surface area (Å²) in [5, 5.41) is 3.81. The van der Waals surface area contributed by atoms with Gasteiger partial charge in [0, 0.05) is 35.1 Å². The molecule has 5 rings (SSSR count). The molecule has 2 aromatic carbocycles. The Morgan fingerprint density at radius 2 is 1.89 bits per heavy atom. The number of carbonyl (C=O) groups is 1. The smallest absolute Gasteiger partial charge is 0.251 e. The molecule has 1 unspecified atom stereocenters. The average Bonchev–Trinajstić information content (AvgIpc) is 3.16. The van der Waals surface area contributed by atoms with Gasteiger partial charge in [0.05, 0.1) is 12.8 Å². The summed E-state index contributed by atoms with van der Waals surface area (Å²) in [5.74, 6) is 1.64. The highest BCUT2D eigenvalue weighted by molar-refractivity contribution is 6.30. The molecular formula is C30H37ClN2O2. The van der Waals surface area contributed by atoms with Crippen LogP contribution in [-0.2, 0) is 5.41 Å². The molecule has 1 heterocycles. The van der Waals surface area contributed by atoms with Crippen LogP contribution in [0.1, 0.15) is 73.7 Å². The van der Waals surface area contributed by atoms with Crippen LogP contribution in [0.5, 0.6) is 5.75 Å². The van der Waals surface area contributed by atoms with Crippen LogP contribution in [0, 0.1) is 5.92 Å². The number of nitrogens with one attached hydrogen (secondary N) is 1. The van der Waals surface area contributed by atoms with Crippen molar-refractivity contribution in [1.82, 2.24) is 5.32 Å². The van der Waals surface area contributed by atoms with E-state index in [1.165, 1.54) is 55.3 Å². The molecule has 186 valence electrons. The van der Waals surface area contributed by atoms with Crippen LogP contribution in [0.4, 0.5) is 5.69 Å². The topological polar surface area (TPSA) is 41.6 Å². The normalized spacial score (nSPS) is 24.1. The van der Waals surface area contributed by atoms with E-state index in [0.717, 1.165) is 37.5 Å². The van der Waals surface area contributed by atoms with Gasteiger partial charge in [-0.05, 0) is 80.3 Å². The summed E-state index contributed by atoms with van der Waals surface area (Å²) in [4.78, 5) is 15.5. The Kier molecular flexibility index (Phi) is 7.11. The van der Waals surface area contributed by atoms with Gasteiger partial charge < -0.3 is 15.0 Å². The number of anilines is 1. The van der Waals surface area contributed by atoms with E-state index in [4.69, 9.17) is 16.3 Å². The molecule has 0 bridgehead atoms. The molecule has 3 aliphatic rings. The SMILES string of the molecule is C=C1CCC[C@@H]2N(CC3CCCCC3)c3c(OC)cccc3C12CCNC(=O)c1ccc(Cl)cc1. The van der Waals surface area contributed by atoms with Crippen molar-refractivity contribution in [3.63, 3.8) is 0 Å². The first kappa shape index (κ1) is 24.2. The molecule has 35 heavy (non-hydrogen) atoms. The third-order valence-corrected chi connectivity index (χ3v) is 8.86. The second-order valence-corrected chi connectivity index (χ2v) is 10.9. The van der Waals surface area contributed by atoms with Gasteiger partial charge in [-0.1, -0.05) is 55.1 Å². The largest absolute Gasteiger partial charge is 0.495 e. The summed E-state index contributed by atoms with van der Waals surface area (Å²) in [5.41, 5.74) is 4.37. The lowest BCUT2D eigenvalue weighted by Gasteiger charge is -2.45. The zero-order valence-electron chi connectivity index (χ0n) is 20.8. The summed E-state index contributed by atoms with van der Waals surface area (Å²) in [6.07, 6.45) is 10.9. The number of carbonyl (C=O) groups excluding carboxylic acids is 1. The maximum absolute atomic E-state index is 12.8. The number of halogens is 1. The maximum atomic E-state index is 12.8. The van der Waals surface area contributed by atoms with E-state index in [-0.39, 0.29) is 11.3 Å². The van der Waals surface area contributed by atoms with Crippen molar-refractivity contribution in [1.29, 1.82) is 0 Å². The number of fused-ring (bicyclic) bond motifs is 3. The predicted octanol–water partition coefficient (Wildman–Crippen LogP) is 6.92. The number of ether oxygens (including phenoxy) is 1. The third-order valence-electron chi connectivity index (χ3n) is 8.61. The van der Waals surface area contributed by atoms with Gasteiger partial charge in [0.25, 0.3) is 5.91 Å². The maximum Gasteiger partial charge on any atom is 0.251 e. The number of hydrogen-bond acceptors (Lipinski definition) is 3. The van der Waals surface area contributed by atoms with Crippen molar-refractivity contribution in [3.05, 3.63) is 70.8 Å². The first-order valence-corrected chi connectivity index (χ1v) is 13.6. The van der Waals surface area contributed by atoms with Crippen LogP contribution >= 0.6 is 11.6 Å². The minimum absolute atomic E-state index is 0.0565. The van der Waals surface area contributed by atoms with Crippen LogP contribution in [0.15, 0.2) is 54.6 Å². The molecule has 2 aliphatic carbocycles. The van der Waals surface area contributed by atoms with Gasteiger partial charge >= 0.3 is 0 Å². The number of nitrogens with zero attached hydrogens (tertiary/aromatic N) is 1. The zero-order chi connectivity index (χ0) is 24.4. The van der Waals surface area contributed by atoms with E-state index in [1.807, 2.05) is 0 Å². The van der Waals surface area contributed by atoms with E-state index < -0.39 is 0 Å². The van der Waals surface area contributed by atoms with Gasteiger partial charge in [0.15, 0.2) is 0 Å². The Labute approximate surface area is 214 Å². The van der Waals surface area contributed by atoms with Crippen LogP contribution in [0.25, 0.3) is 0 Å². The van der Waals surface area contributed by atoms with E-state index >= 15 is 0 Å². The summed E-state index contributed by atoms with van der Waals surface area (Å²) in [6, 6.07) is 13.9. The second-order valence-electron chi connectivity index (χ2n) is 10.5. The number of rotatable bonds is 7. The first-order valence-electron chi connectivity index (χ1n) is 13.2. The lowest BCUT2D eigenvalue weighted by Crippen LogP contribution is -2.50. The van der Waals surface area contributed by atoms with Crippen molar-refractivity contribution in [2.75, 3.05) is 25.1 Å². The Morgan fingerprint density at radius 1 is 1.11 bits per heavy atom. The Bertz CT molecular complexity index is 1080. The van der Waals surface area contributed by atoms with Crippen molar-refractivity contribution >= 4 is 23.2 Å². The molecule has 0 aromatic heterocycles. The number of benzene rings is 2. The molecule has 2 aromatic rings. The van der Waals surface area contributed by atoms with E-state index in [2.05, 4.69) is 35.0 Å². The molecule has 1 aliphatic heterocycles. The highest BCUT2D eigenvalue weighted by atomic mass is 35.5. The lowest BCUT2D eigenvalue weighted by molar-refractivity contribution is 0.0949. The van der Waals surface area contributed by atoms with Crippen molar-refractivity contribution in [2.45, 2.75) is 69.2 Å². The molecule has 2 fully saturated rings. The highest BCUT2D eigenvalue weighted by Crippen LogP contribution is 2.58. The van der Waals surface area contributed by atoms with E-state index in [0.29, 0.717) is 23.2 Å². The van der Waals surface area contributed by atoms with Gasteiger partial charge in [0.2, 0.25) is 0 Å². The van der Waals surface area contributed by atoms with Crippen LogP contribution in [-0.4, -0.2) is 32.1 Å². The van der Waals surface area contributed by atoms with Crippen LogP contribution in [0.3, 0.4) is 0 Å². The highest BCUT2D eigenvalue weighted by Gasteiger charge is 2.54. The Morgan fingerprint density at radius 3 is 2.63 bits per heavy atom. The summed E-state index contributed by atoms with van der Waals surface area (Å²) >= 11 is 6.00. The Balaban J connectivity index is 1.44. The molecule has 4 nitrogen and oxygen atoms in total. The number of amides is 1. The van der Waals surface area contributed by atoms with Crippen LogP contribution in [0.2, 0.25) is 5.02 Å². The van der Waals surface area contributed by atoms with E-state index in [9.17, 15) is 4.79 Å². The third kappa shape index (κ3) is 4.46. The molecule has 0 spiro atoms. The molecule has 5 heteroatoms. The first-order chi connectivity index (χ1) is 17.0. The van der Waals surface area contributed by atoms with Gasteiger partial charge in [0.1, 0.15) is 5.75 Å². The summed E-state index contributed by atoms with van der Waals surface area (Å²) in [6.45, 7) is 6.33. The van der Waals surface area contributed by atoms with Gasteiger partial charge in [-0.25, -0.2) is 0 Å². The van der Waals surface area contributed by atoms with Crippen LogP contribution < -0.4 is 15.0 Å². The second kappa shape index (κ2) is 10.3. The Hall–Kier alpha value is -2.46. The molecular weight excluding hydrogens is 456 g/mol. The number of para-hydroxylation sites is 1. The molecule has 1 N–H and O–H groups in total. The van der Waals surface area contributed by atoms with Gasteiger partial charge in [-0.2, -0.15) is 0 Å². The quantitative estimate of drug-likeness (QED) is 0.426. The standard InChI is InChI=1S/C30H37ClN2O2/c1-21-8-6-13-27-30(21,18-19-32-29(34)23-14-16-24(31)17-15-23)25-11-7-12-26(35-2)28(25)33(27)20-22-9-4-3-5-10-22/h7,11-12,14-17,22,27H,1,3-6,8-10,13,18-20H2,2H3,(H,32,34)/t27-,30?/m0/s1. The molecule has 2 atom stereocenters. The molecule has 0 saturated heterocycles. The lowest BCUT2D eigenvalue weighted by atomic mass is 9.63. The summed E-state index contributed by atoms with van der Waals surface area (Å²) < 4.78 is 5.92. The minimum Gasteiger partial charge on any atom is -0.495 e. The minimum atomic E-state index is -0.163. The number of methoxy groups -OCH3 is 1. The van der Waals surface area contributed by atoms with Crippen molar-refractivity contribution < 1.29 is 9.53 Å². The van der Waals surface area contributed by atoms with Gasteiger partial charge in [-0.15, -0.1) is 0 Å². The molecule has 2 saturated carbocycles. The van der Waals surface area contributed by atoms with E-state index in [1.54, 1.807) is 31.4 Å². The zero-order valence-corrected chi connectivity index (χ0v) is 21.6. The number of hydrogen-bond donors (Lipinski definition) is 1.